The van der Waals surface area contributed by atoms with Gasteiger partial charge in [0.2, 0.25) is 0 Å². The van der Waals surface area contributed by atoms with Crippen molar-refractivity contribution in [2.45, 2.75) is 50.2 Å². The SMILES string of the molecule is CC(C)(C#N)O[C@H]1O[C@H](CO)[C@@H](O)[C@@H](O)[C@H]1O. The topological polar surface area (TPSA) is 123 Å². The molecule has 0 aromatic carbocycles. The summed E-state index contributed by atoms with van der Waals surface area (Å²) < 4.78 is 10.3. The highest BCUT2D eigenvalue weighted by Gasteiger charge is 2.45. The number of ether oxygens (including phenoxy) is 2. The Labute approximate surface area is 98.8 Å². The minimum absolute atomic E-state index is 0.530. The van der Waals surface area contributed by atoms with E-state index < -0.39 is 42.9 Å². The van der Waals surface area contributed by atoms with Crippen LogP contribution in [0.15, 0.2) is 0 Å². The average molecular weight is 247 g/mol. The Balaban J connectivity index is 2.76. The Bertz CT molecular complexity index is 300. The van der Waals surface area contributed by atoms with Crippen LogP contribution in [-0.4, -0.2) is 63.3 Å². The lowest BCUT2D eigenvalue weighted by Gasteiger charge is -2.41. The van der Waals surface area contributed by atoms with Crippen molar-refractivity contribution in [3.8, 4) is 6.07 Å². The number of hydrogen-bond donors (Lipinski definition) is 4. The third-order valence-corrected chi connectivity index (χ3v) is 2.53. The average Bonchev–Trinajstić information content (AvgIpc) is 2.30. The molecule has 7 nitrogen and oxygen atoms in total. The van der Waals surface area contributed by atoms with Crippen LogP contribution in [-0.2, 0) is 9.47 Å². The van der Waals surface area contributed by atoms with E-state index in [4.69, 9.17) is 19.8 Å². The van der Waals surface area contributed by atoms with E-state index in [0.717, 1.165) is 0 Å². The van der Waals surface area contributed by atoms with Crippen LogP contribution in [0.5, 0.6) is 0 Å². The Kier molecular flexibility index (Phi) is 4.43. The number of nitriles is 1. The van der Waals surface area contributed by atoms with Gasteiger partial charge in [0.25, 0.3) is 0 Å². The van der Waals surface area contributed by atoms with Crippen molar-refractivity contribution in [1.82, 2.24) is 0 Å². The van der Waals surface area contributed by atoms with Gasteiger partial charge in [-0.1, -0.05) is 0 Å². The molecule has 0 aliphatic carbocycles. The molecule has 7 heteroatoms. The van der Waals surface area contributed by atoms with Gasteiger partial charge in [0.15, 0.2) is 11.9 Å². The van der Waals surface area contributed by atoms with Crippen molar-refractivity contribution >= 4 is 0 Å². The maximum atomic E-state index is 9.63. The summed E-state index contributed by atoms with van der Waals surface area (Å²) in [6.45, 7) is 2.40. The van der Waals surface area contributed by atoms with Crippen molar-refractivity contribution < 1.29 is 29.9 Å². The predicted molar refractivity (Wildman–Crippen MR) is 54.5 cm³/mol. The third-order valence-electron chi connectivity index (χ3n) is 2.53. The number of nitrogens with zero attached hydrogens (tertiary/aromatic N) is 1. The van der Waals surface area contributed by atoms with Crippen molar-refractivity contribution in [3.63, 3.8) is 0 Å². The first-order chi connectivity index (χ1) is 7.82. The van der Waals surface area contributed by atoms with E-state index in [1.54, 1.807) is 0 Å². The first-order valence-corrected chi connectivity index (χ1v) is 5.22. The highest BCUT2D eigenvalue weighted by molar-refractivity contribution is 4.97. The molecule has 0 radical (unpaired) electrons. The maximum absolute atomic E-state index is 9.63. The molecule has 98 valence electrons. The quantitative estimate of drug-likeness (QED) is 0.459. The van der Waals surface area contributed by atoms with Gasteiger partial charge < -0.3 is 29.9 Å². The third kappa shape index (κ3) is 3.13. The fourth-order valence-corrected chi connectivity index (χ4v) is 1.48. The number of aliphatic hydroxyl groups is 4. The maximum Gasteiger partial charge on any atom is 0.188 e. The van der Waals surface area contributed by atoms with E-state index in [9.17, 15) is 15.3 Å². The van der Waals surface area contributed by atoms with Gasteiger partial charge >= 0.3 is 0 Å². The summed E-state index contributed by atoms with van der Waals surface area (Å²) >= 11 is 0. The van der Waals surface area contributed by atoms with Crippen LogP contribution in [0.3, 0.4) is 0 Å². The van der Waals surface area contributed by atoms with Crippen LogP contribution in [0.25, 0.3) is 0 Å². The van der Waals surface area contributed by atoms with E-state index in [2.05, 4.69) is 0 Å². The lowest BCUT2D eigenvalue weighted by atomic mass is 9.99. The molecule has 0 saturated carbocycles. The largest absolute Gasteiger partial charge is 0.394 e. The highest BCUT2D eigenvalue weighted by atomic mass is 16.7. The lowest BCUT2D eigenvalue weighted by Crippen LogP contribution is -2.60. The molecule has 1 heterocycles. The van der Waals surface area contributed by atoms with Crippen molar-refractivity contribution in [2.75, 3.05) is 6.61 Å². The smallest absolute Gasteiger partial charge is 0.188 e. The molecule has 0 aromatic heterocycles. The molecule has 5 atom stereocenters. The molecule has 0 amide bonds. The second-order valence-corrected chi connectivity index (χ2v) is 4.44. The van der Waals surface area contributed by atoms with E-state index >= 15 is 0 Å². The van der Waals surface area contributed by atoms with Crippen LogP contribution in [0.2, 0.25) is 0 Å². The summed E-state index contributed by atoms with van der Waals surface area (Å²) in [5.41, 5.74) is -1.21. The Morgan fingerprint density at radius 2 is 1.82 bits per heavy atom. The molecule has 1 aliphatic rings. The minimum Gasteiger partial charge on any atom is -0.394 e. The van der Waals surface area contributed by atoms with E-state index in [0.29, 0.717) is 0 Å². The van der Waals surface area contributed by atoms with Crippen LogP contribution >= 0.6 is 0 Å². The fraction of sp³-hybridized carbons (Fsp3) is 0.900. The number of hydrogen-bond acceptors (Lipinski definition) is 7. The first kappa shape index (κ1) is 14.3. The summed E-state index contributed by atoms with van der Waals surface area (Å²) in [4.78, 5) is 0. The molecule has 0 spiro atoms. The molecule has 4 N–H and O–H groups in total. The summed E-state index contributed by atoms with van der Waals surface area (Å²) in [6, 6.07) is 1.85. The van der Waals surface area contributed by atoms with Crippen molar-refractivity contribution in [1.29, 1.82) is 5.26 Å². The molecule has 17 heavy (non-hydrogen) atoms. The minimum atomic E-state index is -1.50. The monoisotopic (exact) mass is 247 g/mol. The zero-order valence-electron chi connectivity index (χ0n) is 9.65. The second kappa shape index (κ2) is 5.27. The Hall–Kier alpha value is -0.750. The van der Waals surface area contributed by atoms with E-state index in [1.807, 2.05) is 6.07 Å². The molecule has 0 unspecified atom stereocenters. The van der Waals surface area contributed by atoms with Gasteiger partial charge in [0.05, 0.1) is 12.7 Å². The molecule has 1 fully saturated rings. The number of rotatable bonds is 3. The van der Waals surface area contributed by atoms with E-state index in [1.165, 1.54) is 13.8 Å². The molecule has 0 bridgehead atoms. The van der Waals surface area contributed by atoms with Gasteiger partial charge in [0.1, 0.15) is 24.4 Å². The van der Waals surface area contributed by atoms with Gasteiger partial charge in [-0.15, -0.1) is 0 Å². The molecule has 0 aromatic rings. The number of aliphatic hydroxyl groups excluding tert-OH is 4. The lowest BCUT2D eigenvalue weighted by molar-refractivity contribution is -0.316. The van der Waals surface area contributed by atoms with Gasteiger partial charge in [0, 0.05) is 0 Å². The summed E-state index contributed by atoms with van der Waals surface area (Å²) in [5, 5.41) is 46.3. The zero-order valence-corrected chi connectivity index (χ0v) is 9.65. The standard InChI is InChI=1S/C10H17NO6/c1-10(2,4-11)17-9-8(15)7(14)6(13)5(3-12)16-9/h5-9,12-15H,3H2,1-2H3/t5-,6-,7-,8-,9-/m1/s1. The van der Waals surface area contributed by atoms with Crippen molar-refractivity contribution in [3.05, 3.63) is 0 Å². The molecular formula is C10H17NO6. The summed E-state index contributed by atoms with van der Waals surface area (Å²) in [5.74, 6) is 0. The van der Waals surface area contributed by atoms with Crippen LogP contribution < -0.4 is 0 Å². The van der Waals surface area contributed by atoms with Crippen LogP contribution in [0, 0.1) is 11.3 Å². The zero-order chi connectivity index (χ0) is 13.2. The normalized spacial score (nSPS) is 38.8. The van der Waals surface area contributed by atoms with Gasteiger partial charge in [-0.05, 0) is 13.8 Å². The van der Waals surface area contributed by atoms with Gasteiger partial charge in [-0.25, -0.2) is 0 Å². The molecular weight excluding hydrogens is 230 g/mol. The van der Waals surface area contributed by atoms with Gasteiger partial charge in [-0.2, -0.15) is 5.26 Å². The summed E-state index contributed by atoms with van der Waals surface area (Å²) in [6.07, 6.45) is -6.73. The predicted octanol–water partition coefficient (Wildman–Crippen LogP) is -1.89. The van der Waals surface area contributed by atoms with Crippen LogP contribution in [0.4, 0.5) is 0 Å². The summed E-state index contributed by atoms with van der Waals surface area (Å²) in [7, 11) is 0. The molecule has 1 rings (SSSR count). The molecule has 1 aliphatic heterocycles. The second-order valence-electron chi connectivity index (χ2n) is 4.44. The fourth-order valence-electron chi connectivity index (χ4n) is 1.48. The Morgan fingerprint density at radius 3 is 2.29 bits per heavy atom. The van der Waals surface area contributed by atoms with E-state index in [-0.39, 0.29) is 0 Å². The Morgan fingerprint density at radius 1 is 1.24 bits per heavy atom. The highest BCUT2D eigenvalue weighted by Crippen LogP contribution is 2.25. The molecule has 1 saturated heterocycles. The van der Waals surface area contributed by atoms with Crippen molar-refractivity contribution in [2.24, 2.45) is 0 Å². The van der Waals surface area contributed by atoms with Crippen LogP contribution in [0.1, 0.15) is 13.8 Å². The first-order valence-electron chi connectivity index (χ1n) is 5.22. The van der Waals surface area contributed by atoms with Gasteiger partial charge in [-0.3, -0.25) is 0 Å².